The van der Waals surface area contributed by atoms with Crippen molar-refractivity contribution in [3.05, 3.63) is 56.7 Å². The van der Waals surface area contributed by atoms with E-state index in [2.05, 4.69) is 21.2 Å². The summed E-state index contributed by atoms with van der Waals surface area (Å²) in [7, 11) is -2.34. The number of carbonyl (C=O) groups is 1. The lowest BCUT2D eigenvalue weighted by atomic mass is 9.98. The highest BCUT2D eigenvalue weighted by molar-refractivity contribution is 9.11. The van der Waals surface area contributed by atoms with E-state index in [0.717, 1.165) is 19.3 Å². The molecular formula is C21H24BrFN2O4S. The molecule has 0 fully saturated rings. The normalized spacial score (nSPS) is 17.8. The van der Waals surface area contributed by atoms with Gasteiger partial charge in [-0.3, -0.25) is 9.10 Å². The SMILES string of the molecule is CN1c2ccccc2C(NCCCCCCC(=O)O)=C2CC(F)=C(Br)C=C2S1(=O)=O. The Hall–Kier alpha value is -2.13. The second kappa shape index (κ2) is 9.34. The average Bonchev–Trinajstić information content (AvgIpc) is 2.76. The maximum atomic E-state index is 14.4. The van der Waals surface area contributed by atoms with Gasteiger partial charge < -0.3 is 10.4 Å². The quantitative estimate of drug-likeness (QED) is 0.508. The van der Waals surface area contributed by atoms with Crippen molar-refractivity contribution in [1.29, 1.82) is 0 Å². The molecule has 1 aromatic carbocycles. The second-order valence-electron chi connectivity index (χ2n) is 7.27. The summed E-state index contributed by atoms with van der Waals surface area (Å²) in [6, 6.07) is 7.16. The lowest BCUT2D eigenvalue weighted by molar-refractivity contribution is -0.137. The molecule has 1 aromatic rings. The van der Waals surface area contributed by atoms with E-state index >= 15 is 0 Å². The molecular weight excluding hydrogens is 475 g/mol. The number of hydrogen-bond donors (Lipinski definition) is 2. The number of benzene rings is 1. The van der Waals surface area contributed by atoms with Crippen molar-refractivity contribution in [2.45, 2.75) is 38.5 Å². The number of carboxylic acids is 1. The van der Waals surface area contributed by atoms with Crippen molar-refractivity contribution in [2.75, 3.05) is 17.9 Å². The second-order valence-corrected chi connectivity index (χ2v) is 10.1. The van der Waals surface area contributed by atoms with Crippen LogP contribution in [0.2, 0.25) is 0 Å². The zero-order valence-corrected chi connectivity index (χ0v) is 19.0. The van der Waals surface area contributed by atoms with Crippen LogP contribution in [-0.4, -0.2) is 33.1 Å². The van der Waals surface area contributed by atoms with E-state index in [1.54, 1.807) is 12.1 Å². The molecule has 30 heavy (non-hydrogen) atoms. The fraction of sp³-hybridized carbons (Fsp3) is 0.381. The van der Waals surface area contributed by atoms with Gasteiger partial charge >= 0.3 is 5.97 Å². The highest BCUT2D eigenvalue weighted by Crippen LogP contribution is 2.44. The number of anilines is 1. The zero-order valence-electron chi connectivity index (χ0n) is 16.6. The van der Waals surface area contributed by atoms with E-state index in [9.17, 15) is 17.6 Å². The zero-order chi connectivity index (χ0) is 21.9. The maximum absolute atomic E-state index is 14.4. The molecule has 1 aliphatic heterocycles. The third-order valence-electron chi connectivity index (χ3n) is 5.22. The lowest BCUT2D eigenvalue weighted by Crippen LogP contribution is -2.28. The van der Waals surface area contributed by atoms with E-state index in [-0.39, 0.29) is 22.2 Å². The standard InChI is InChI=1S/C21H24BrFN2O4S/c1-25-18-9-6-5-8-14(18)21(24-11-7-3-2-4-10-20(26)27)15-12-17(23)16(22)13-19(15)30(25,28)29/h5-6,8-9,13,24H,2-4,7,10-12H2,1H3,(H,26,27). The van der Waals surface area contributed by atoms with Gasteiger partial charge in [0, 0.05) is 43.3 Å². The minimum Gasteiger partial charge on any atom is -0.481 e. The first-order chi connectivity index (χ1) is 14.2. The van der Waals surface area contributed by atoms with Crippen LogP contribution in [0.1, 0.15) is 44.1 Å². The van der Waals surface area contributed by atoms with Gasteiger partial charge in [0.05, 0.1) is 15.1 Å². The number of carboxylic acid groups (broad SMARTS) is 1. The number of sulfonamides is 1. The van der Waals surface area contributed by atoms with Crippen LogP contribution in [-0.2, 0) is 14.8 Å². The smallest absolute Gasteiger partial charge is 0.303 e. The van der Waals surface area contributed by atoms with Crippen molar-refractivity contribution in [3.63, 3.8) is 0 Å². The van der Waals surface area contributed by atoms with E-state index in [1.165, 1.54) is 17.4 Å². The largest absolute Gasteiger partial charge is 0.481 e. The summed E-state index contributed by atoms with van der Waals surface area (Å²) in [5.74, 6) is -1.21. The Morgan fingerprint density at radius 2 is 1.93 bits per heavy atom. The molecule has 0 spiro atoms. The molecule has 1 aliphatic carbocycles. The maximum Gasteiger partial charge on any atom is 0.303 e. The first kappa shape index (κ1) is 22.6. The number of allylic oxidation sites excluding steroid dienone is 4. The van der Waals surface area contributed by atoms with Crippen LogP contribution in [0.5, 0.6) is 0 Å². The Labute approximate surface area is 184 Å². The third-order valence-corrected chi connectivity index (χ3v) is 7.72. The van der Waals surface area contributed by atoms with Crippen molar-refractivity contribution in [2.24, 2.45) is 0 Å². The molecule has 1 heterocycles. The van der Waals surface area contributed by atoms with Crippen LogP contribution in [0.3, 0.4) is 0 Å². The topological polar surface area (TPSA) is 86.7 Å². The van der Waals surface area contributed by atoms with Gasteiger partial charge in [-0.25, -0.2) is 12.8 Å². The van der Waals surface area contributed by atoms with Gasteiger partial charge in [0.25, 0.3) is 10.0 Å². The number of nitrogens with zero attached hydrogens (tertiary/aromatic N) is 1. The Balaban J connectivity index is 1.90. The number of aliphatic carboxylic acids is 1. The number of unbranched alkanes of at least 4 members (excludes halogenated alkanes) is 3. The number of fused-ring (bicyclic) bond motifs is 2. The Morgan fingerprint density at radius 3 is 2.67 bits per heavy atom. The molecule has 0 aromatic heterocycles. The van der Waals surface area contributed by atoms with Crippen LogP contribution in [0, 0.1) is 0 Å². The van der Waals surface area contributed by atoms with Gasteiger partial charge in [0.1, 0.15) is 5.83 Å². The monoisotopic (exact) mass is 498 g/mol. The van der Waals surface area contributed by atoms with E-state index in [4.69, 9.17) is 5.11 Å². The van der Waals surface area contributed by atoms with Crippen molar-refractivity contribution in [3.8, 4) is 0 Å². The summed E-state index contributed by atoms with van der Waals surface area (Å²) in [5, 5.41) is 12.0. The first-order valence-electron chi connectivity index (χ1n) is 9.77. The third kappa shape index (κ3) is 4.62. The van der Waals surface area contributed by atoms with E-state index in [0.29, 0.717) is 35.5 Å². The minimum atomic E-state index is -3.84. The molecule has 0 saturated heterocycles. The van der Waals surface area contributed by atoms with Gasteiger partial charge in [0.15, 0.2) is 0 Å². The summed E-state index contributed by atoms with van der Waals surface area (Å²) in [6.45, 7) is 0.573. The fourth-order valence-electron chi connectivity index (χ4n) is 3.62. The summed E-state index contributed by atoms with van der Waals surface area (Å²) in [6.07, 6.45) is 4.46. The number of hydrogen-bond acceptors (Lipinski definition) is 4. The fourth-order valence-corrected chi connectivity index (χ4v) is 5.60. The molecule has 0 atom stereocenters. The van der Waals surface area contributed by atoms with Crippen LogP contribution in [0.25, 0.3) is 5.70 Å². The summed E-state index contributed by atoms with van der Waals surface area (Å²) in [4.78, 5) is 10.7. The molecule has 162 valence electrons. The summed E-state index contributed by atoms with van der Waals surface area (Å²) < 4.78 is 42.2. The van der Waals surface area contributed by atoms with Gasteiger partial charge in [0.2, 0.25) is 0 Å². The predicted octanol–water partition coefficient (Wildman–Crippen LogP) is 4.67. The number of nitrogens with one attached hydrogen (secondary N) is 1. The highest BCUT2D eigenvalue weighted by Gasteiger charge is 2.36. The molecule has 0 radical (unpaired) electrons. The molecule has 0 amide bonds. The summed E-state index contributed by atoms with van der Waals surface area (Å²) >= 11 is 3.13. The number of rotatable bonds is 8. The van der Waals surface area contributed by atoms with Gasteiger partial charge in [-0.15, -0.1) is 0 Å². The summed E-state index contributed by atoms with van der Waals surface area (Å²) in [5.41, 5.74) is 2.27. The molecule has 6 nitrogen and oxygen atoms in total. The van der Waals surface area contributed by atoms with Crippen LogP contribution in [0.15, 0.2) is 51.1 Å². The van der Waals surface area contributed by atoms with Crippen LogP contribution < -0.4 is 9.62 Å². The van der Waals surface area contributed by atoms with E-state index in [1.807, 2.05) is 12.1 Å². The van der Waals surface area contributed by atoms with Crippen molar-refractivity contribution < 1.29 is 22.7 Å². The Morgan fingerprint density at radius 1 is 1.23 bits per heavy atom. The molecule has 0 bridgehead atoms. The van der Waals surface area contributed by atoms with Gasteiger partial charge in [-0.1, -0.05) is 31.0 Å². The van der Waals surface area contributed by atoms with Gasteiger partial charge in [-0.2, -0.15) is 0 Å². The molecule has 9 heteroatoms. The number of halogens is 2. The first-order valence-corrected chi connectivity index (χ1v) is 12.0. The molecule has 2 aliphatic rings. The van der Waals surface area contributed by atoms with Crippen molar-refractivity contribution in [1.82, 2.24) is 5.32 Å². The molecule has 0 unspecified atom stereocenters. The highest BCUT2D eigenvalue weighted by atomic mass is 79.9. The molecule has 3 rings (SSSR count). The lowest BCUT2D eigenvalue weighted by Gasteiger charge is -2.22. The van der Waals surface area contributed by atoms with Gasteiger partial charge in [-0.05, 0) is 40.9 Å². The Bertz CT molecular complexity index is 1050. The Kier molecular flexibility index (Phi) is 7.02. The molecule has 0 saturated carbocycles. The molecule has 2 N–H and O–H groups in total. The average molecular weight is 499 g/mol. The van der Waals surface area contributed by atoms with Crippen LogP contribution >= 0.6 is 15.9 Å². The predicted molar refractivity (Wildman–Crippen MR) is 119 cm³/mol. The minimum absolute atomic E-state index is 0.0819. The van der Waals surface area contributed by atoms with Crippen LogP contribution in [0.4, 0.5) is 10.1 Å². The van der Waals surface area contributed by atoms with E-state index < -0.39 is 21.8 Å². The number of para-hydroxylation sites is 1. The van der Waals surface area contributed by atoms with Crippen molar-refractivity contribution >= 4 is 43.3 Å².